The molecular weight excluding hydrogens is 226 g/mol. The van der Waals surface area contributed by atoms with E-state index in [1.54, 1.807) is 6.20 Å². The molecule has 1 fully saturated rings. The Morgan fingerprint density at radius 3 is 3.06 bits per heavy atom. The van der Waals surface area contributed by atoms with Crippen LogP contribution < -0.4 is 0 Å². The number of hydrogen-bond donors (Lipinski definition) is 0. The average molecular weight is 247 g/mol. The van der Waals surface area contributed by atoms with Gasteiger partial charge in [0.2, 0.25) is 0 Å². The van der Waals surface area contributed by atoms with E-state index in [-0.39, 0.29) is 0 Å². The Morgan fingerprint density at radius 2 is 2.33 bits per heavy atom. The number of aryl methyl sites for hydroxylation is 1. The van der Waals surface area contributed by atoms with E-state index in [0.29, 0.717) is 24.7 Å². The summed E-state index contributed by atoms with van der Waals surface area (Å²) in [6, 6.07) is 5.83. The van der Waals surface area contributed by atoms with E-state index in [4.69, 9.17) is 4.74 Å². The fourth-order valence-corrected chi connectivity index (χ4v) is 2.34. The highest BCUT2D eigenvalue weighted by molar-refractivity contribution is 5.78. The highest BCUT2D eigenvalue weighted by Gasteiger charge is 2.15. The zero-order valence-electron chi connectivity index (χ0n) is 10.8. The minimum atomic E-state index is 0.346. The van der Waals surface area contributed by atoms with Crippen molar-refractivity contribution in [1.29, 1.82) is 0 Å². The molecule has 0 aromatic carbocycles. The number of hydrogen-bond acceptors (Lipinski definition) is 3. The molecule has 1 aromatic heterocycles. The van der Waals surface area contributed by atoms with E-state index in [2.05, 4.69) is 4.98 Å². The second kappa shape index (κ2) is 7.27. The third kappa shape index (κ3) is 4.57. The summed E-state index contributed by atoms with van der Waals surface area (Å²) in [4.78, 5) is 15.9. The SMILES string of the molecule is O=C(CCCC1CCCO1)CCc1ccccn1. The number of ketones is 1. The maximum absolute atomic E-state index is 11.7. The summed E-state index contributed by atoms with van der Waals surface area (Å²) >= 11 is 0. The molecule has 18 heavy (non-hydrogen) atoms. The van der Waals surface area contributed by atoms with E-state index in [9.17, 15) is 4.79 Å². The van der Waals surface area contributed by atoms with Crippen molar-refractivity contribution in [2.45, 2.75) is 51.0 Å². The van der Waals surface area contributed by atoms with Crippen LogP contribution >= 0.6 is 0 Å². The first-order chi connectivity index (χ1) is 8.84. The molecule has 1 unspecified atom stereocenters. The van der Waals surface area contributed by atoms with Gasteiger partial charge in [0, 0.05) is 31.3 Å². The predicted molar refractivity (Wildman–Crippen MR) is 70.4 cm³/mol. The predicted octanol–water partition coefficient (Wildman–Crippen LogP) is 2.93. The first-order valence-electron chi connectivity index (χ1n) is 6.88. The molecule has 3 heteroatoms. The monoisotopic (exact) mass is 247 g/mol. The van der Waals surface area contributed by atoms with Gasteiger partial charge >= 0.3 is 0 Å². The number of pyridine rings is 1. The molecule has 2 rings (SSSR count). The molecule has 1 aliphatic rings. The van der Waals surface area contributed by atoms with Crippen LogP contribution in [0.25, 0.3) is 0 Å². The van der Waals surface area contributed by atoms with Gasteiger partial charge in [-0.3, -0.25) is 9.78 Å². The van der Waals surface area contributed by atoms with Gasteiger partial charge in [0.25, 0.3) is 0 Å². The normalized spacial score (nSPS) is 19.0. The number of Topliss-reactive ketones (excluding diaryl/α,β-unsaturated/α-hetero) is 1. The van der Waals surface area contributed by atoms with Crippen LogP contribution in [0.3, 0.4) is 0 Å². The summed E-state index contributed by atoms with van der Waals surface area (Å²) in [5.74, 6) is 0.346. The van der Waals surface area contributed by atoms with Crippen LogP contribution in [-0.4, -0.2) is 23.5 Å². The van der Waals surface area contributed by atoms with Crippen LogP contribution in [0, 0.1) is 0 Å². The van der Waals surface area contributed by atoms with Gasteiger partial charge in [-0.05, 0) is 44.2 Å². The van der Waals surface area contributed by atoms with Gasteiger partial charge in [-0.1, -0.05) is 6.07 Å². The lowest BCUT2D eigenvalue weighted by molar-refractivity contribution is -0.119. The lowest BCUT2D eigenvalue weighted by Crippen LogP contribution is -2.07. The second-order valence-electron chi connectivity index (χ2n) is 4.89. The van der Waals surface area contributed by atoms with Crippen LogP contribution in [-0.2, 0) is 16.0 Å². The van der Waals surface area contributed by atoms with Crippen molar-refractivity contribution in [2.75, 3.05) is 6.61 Å². The molecule has 2 heterocycles. The molecule has 0 bridgehead atoms. The van der Waals surface area contributed by atoms with Crippen LogP contribution in [0.5, 0.6) is 0 Å². The third-order valence-corrected chi connectivity index (χ3v) is 3.39. The highest BCUT2D eigenvalue weighted by atomic mass is 16.5. The zero-order valence-corrected chi connectivity index (χ0v) is 10.8. The summed E-state index contributed by atoms with van der Waals surface area (Å²) in [6.07, 6.45) is 8.60. The molecule has 0 amide bonds. The molecule has 98 valence electrons. The quantitative estimate of drug-likeness (QED) is 0.743. The van der Waals surface area contributed by atoms with Crippen LogP contribution in [0.1, 0.15) is 44.2 Å². The average Bonchev–Trinajstić information content (AvgIpc) is 2.91. The number of carbonyl (C=O) groups is 1. The summed E-state index contributed by atoms with van der Waals surface area (Å²) < 4.78 is 5.54. The van der Waals surface area contributed by atoms with Gasteiger partial charge in [0.1, 0.15) is 5.78 Å². The molecule has 1 saturated heterocycles. The number of carbonyl (C=O) groups excluding carboxylic acids is 1. The topological polar surface area (TPSA) is 39.2 Å². The molecular formula is C15H21NO2. The van der Waals surface area contributed by atoms with E-state index in [0.717, 1.165) is 31.6 Å². The van der Waals surface area contributed by atoms with Gasteiger partial charge in [-0.15, -0.1) is 0 Å². The minimum Gasteiger partial charge on any atom is -0.378 e. The Kier molecular flexibility index (Phi) is 5.34. The zero-order chi connectivity index (χ0) is 12.6. The Morgan fingerprint density at radius 1 is 1.39 bits per heavy atom. The first kappa shape index (κ1) is 13.2. The fourth-order valence-electron chi connectivity index (χ4n) is 2.34. The first-order valence-corrected chi connectivity index (χ1v) is 6.88. The van der Waals surface area contributed by atoms with Gasteiger partial charge < -0.3 is 4.74 Å². The second-order valence-corrected chi connectivity index (χ2v) is 4.89. The van der Waals surface area contributed by atoms with E-state index >= 15 is 0 Å². The van der Waals surface area contributed by atoms with Crippen LogP contribution in [0.4, 0.5) is 0 Å². The van der Waals surface area contributed by atoms with Crippen molar-refractivity contribution in [3.8, 4) is 0 Å². The number of rotatable bonds is 7. The van der Waals surface area contributed by atoms with Gasteiger partial charge in [-0.25, -0.2) is 0 Å². The Labute approximate surface area is 109 Å². The fraction of sp³-hybridized carbons (Fsp3) is 0.600. The molecule has 3 nitrogen and oxygen atoms in total. The van der Waals surface area contributed by atoms with Crippen molar-refractivity contribution in [3.63, 3.8) is 0 Å². The largest absolute Gasteiger partial charge is 0.378 e. The Hall–Kier alpha value is -1.22. The molecule has 1 aromatic rings. The summed E-state index contributed by atoms with van der Waals surface area (Å²) in [6.45, 7) is 0.901. The Bertz CT molecular complexity index is 358. The molecule has 1 atom stereocenters. The van der Waals surface area contributed by atoms with Gasteiger partial charge in [0.05, 0.1) is 6.10 Å². The van der Waals surface area contributed by atoms with E-state index < -0.39 is 0 Å². The van der Waals surface area contributed by atoms with Gasteiger partial charge in [0.15, 0.2) is 0 Å². The molecule has 0 N–H and O–H groups in total. The number of aromatic nitrogens is 1. The molecule has 0 aliphatic carbocycles. The standard InChI is InChI=1S/C15H21NO2/c17-14(6-3-7-15-8-4-12-18-15)10-9-13-5-1-2-11-16-13/h1-2,5,11,15H,3-4,6-10,12H2. The van der Waals surface area contributed by atoms with Crippen molar-refractivity contribution in [1.82, 2.24) is 4.98 Å². The highest BCUT2D eigenvalue weighted by Crippen LogP contribution is 2.18. The van der Waals surface area contributed by atoms with E-state index in [1.807, 2.05) is 18.2 Å². The smallest absolute Gasteiger partial charge is 0.133 e. The Balaban J connectivity index is 1.57. The van der Waals surface area contributed by atoms with Crippen LogP contribution in [0.15, 0.2) is 24.4 Å². The molecule has 0 spiro atoms. The van der Waals surface area contributed by atoms with Crippen molar-refractivity contribution in [3.05, 3.63) is 30.1 Å². The molecule has 1 aliphatic heterocycles. The van der Waals surface area contributed by atoms with Crippen molar-refractivity contribution in [2.24, 2.45) is 0 Å². The maximum atomic E-state index is 11.7. The third-order valence-electron chi connectivity index (χ3n) is 3.39. The number of nitrogens with zero attached hydrogens (tertiary/aromatic N) is 1. The van der Waals surface area contributed by atoms with Crippen LogP contribution in [0.2, 0.25) is 0 Å². The summed E-state index contributed by atoms with van der Waals surface area (Å²) in [5, 5.41) is 0. The van der Waals surface area contributed by atoms with Crippen molar-refractivity contribution < 1.29 is 9.53 Å². The van der Waals surface area contributed by atoms with Gasteiger partial charge in [-0.2, -0.15) is 0 Å². The van der Waals surface area contributed by atoms with E-state index in [1.165, 1.54) is 12.8 Å². The minimum absolute atomic E-state index is 0.346. The van der Waals surface area contributed by atoms with Crippen molar-refractivity contribution >= 4 is 5.78 Å². The lowest BCUT2D eigenvalue weighted by Gasteiger charge is -2.08. The lowest BCUT2D eigenvalue weighted by atomic mass is 10.0. The molecule has 0 radical (unpaired) electrons. The number of ether oxygens (including phenoxy) is 1. The molecule has 0 saturated carbocycles. The summed E-state index contributed by atoms with van der Waals surface area (Å²) in [5.41, 5.74) is 1.00. The summed E-state index contributed by atoms with van der Waals surface area (Å²) in [7, 11) is 0. The maximum Gasteiger partial charge on any atom is 0.133 e.